The molecule has 0 spiro atoms. The second-order valence-corrected chi connectivity index (χ2v) is 11.3. The molecule has 6 nitrogen and oxygen atoms in total. The lowest BCUT2D eigenvalue weighted by molar-refractivity contribution is -0.127. The minimum absolute atomic E-state index is 0.119. The Morgan fingerprint density at radius 1 is 1.17 bits per heavy atom. The summed E-state index contributed by atoms with van der Waals surface area (Å²) in [5, 5.41) is 15.9. The number of aliphatic hydroxyl groups is 1. The van der Waals surface area contributed by atoms with Crippen molar-refractivity contribution in [3.05, 3.63) is 34.4 Å². The van der Waals surface area contributed by atoms with Crippen LogP contribution in [0.5, 0.6) is 0 Å². The van der Waals surface area contributed by atoms with Crippen molar-refractivity contribution in [3.8, 4) is 0 Å². The first kappa shape index (κ1) is 24.8. The molecule has 1 heterocycles. The van der Waals surface area contributed by atoms with Crippen molar-refractivity contribution >= 4 is 23.4 Å². The summed E-state index contributed by atoms with van der Waals surface area (Å²) in [7, 11) is 0. The van der Waals surface area contributed by atoms with Gasteiger partial charge in [0, 0.05) is 11.5 Å². The average molecular weight is 514 g/mol. The van der Waals surface area contributed by atoms with Gasteiger partial charge in [-0.2, -0.15) is 0 Å². The molecule has 4 fully saturated rings. The number of aliphatic hydroxyl groups excluding tert-OH is 1. The zero-order chi connectivity index (χ0) is 25.0. The van der Waals surface area contributed by atoms with Gasteiger partial charge in [-0.15, -0.1) is 0 Å². The van der Waals surface area contributed by atoms with Crippen molar-refractivity contribution in [1.82, 2.24) is 15.5 Å². The zero-order valence-corrected chi connectivity index (χ0v) is 20.2. The van der Waals surface area contributed by atoms with Gasteiger partial charge in [-0.05, 0) is 82.0 Å². The predicted molar refractivity (Wildman–Crippen MR) is 123 cm³/mol. The van der Waals surface area contributed by atoms with Crippen LogP contribution in [0.3, 0.4) is 0 Å². The Kier molecular flexibility index (Phi) is 6.55. The first-order chi connectivity index (χ1) is 16.6. The van der Waals surface area contributed by atoms with Gasteiger partial charge in [0.1, 0.15) is 17.3 Å². The molecule has 0 aromatic heterocycles. The molecule has 10 heteroatoms. The Morgan fingerprint density at radius 3 is 2.49 bits per heavy atom. The van der Waals surface area contributed by atoms with Crippen molar-refractivity contribution in [2.24, 2.45) is 11.3 Å². The van der Waals surface area contributed by atoms with Gasteiger partial charge in [0.05, 0.1) is 29.8 Å². The van der Waals surface area contributed by atoms with Crippen LogP contribution in [0.2, 0.25) is 5.02 Å². The van der Waals surface area contributed by atoms with E-state index in [4.69, 9.17) is 11.6 Å². The van der Waals surface area contributed by atoms with E-state index in [1.807, 2.05) is 4.90 Å². The number of fused-ring (bicyclic) bond motifs is 2. The molecular formula is C25H31ClF3N3O3. The van der Waals surface area contributed by atoms with Crippen molar-refractivity contribution in [2.75, 3.05) is 19.6 Å². The molecule has 2 amide bonds. The molecule has 0 radical (unpaired) electrons. The van der Waals surface area contributed by atoms with Gasteiger partial charge >= 0.3 is 0 Å². The summed E-state index contributed by atoms with van der Waals surface area (Å²) in [6.45, 7) is 1.99. The molecule has 4 aliphatic rings. The normalized spacial score (nSPS) is 35.1. The SMILES string of the molecule is O=C(CN1CCC1)N[C@H]1C[C@@H](C(=O)N[C@H](c2c(F)ccc(Cl)c2F)C23CCC(F)(CC2)C3)C[C@H]1O. The minimum atomic E-state index is -1.39. The lowest BCUT2D eigenvalue weighted by Crippen LogP contribution is -2.48. The summed E-state index contributed by atoms with van der Waals surface area (Å²) in [5.74, 6) is -3.10. The number of nitrogens with zero attached hydrogens (tertiary/aromatic N) is 1. The van der Waals surface area contributed by atoms with Crippen LogP contribution in [0.4, 0.5) is 13.2 Å². The number of carbonyl (C=O) groups is 2. The molecule has 5 rings (SSSR count). The highest BCUT2D eigenvalue weighted by Crippen LogP contribution is 2.63. The molecule has 192 valence electrons. The van der Waals surface area contributed by atoms with Gasteiger partial charge in [-0.1, -0.05) is 11.6 Å². The maximum absolute atomic E-state index is 15.1. The number of rotatable bonds is 7. The molecule has 1 aliphatic heterocycles. The molecule has 1 aromatic carbocycles. The summed E-state index contributed by atoms with van der Waals surface area (Å²) in [6, 6.07) is 0.528. The third kappa shape index (κ3) is 4.67. The second kappa shape index (κ2) is 9.23. The fraction of sp³-hybridized carbons (Fsp3) is 0.680. The van der Waals surface area contributed by atoms with Gasteiger partial charge in [0.15, 0.2) is 0 Å². The number of carbonyl (C=O) groups excluding carboxylic acids is 2. The Hall–Kier alpha value is -1.84. The number of likely N-dealkylation sites (tertiary alicyclic amines) is 1. The standard InChI is InChI=1S/C25H31ClF3N3O3/c26-15-2-3-16(27)20(21(15)28)22(24-4-6-25(29,13-24)7-5-24)31-23(35)14-10-17(18(33)11-14)30-19(34)12-32-8-1-9-32/h2-3,14,17-18,22,33H,1,4-13H2,(H,30,34)(H,31,35)/t14-,17+,18-,22-,24?,25?/m1/s1. The van der Waals surface area contributed by atoms with Crippen LogP contribution in [-0.2, 0) is 9.59 Å². The summed E-state index contributed by atoms with van der Waals surface area (Å²) in [5.41, 5.74) is -2.53. The fourth-order valence-electron chi connectivity index (χ4n) is 6.55. The lowest BCUT2D eigenvalue weighted by Gasteiger charge is -2.37. The van der Waals surface area contributed by atoms with Crippen molar-refractivity contribution in [2.45, 2.75) is 75.2 Å². The van der Waals surface area contributed by atoms with Crippen molar-refractivity contribution in [3.63, 3.8) is 0 Å². The van der Waals surface area contributed by atoms with Crippen LogP contribution in [0.15, 0.2) is 12.1 Å². The van der Waals surface area contributed by atoms with E-state index in [0.717, 1.165) is 31.6 Å². The summed E-state index contributed by atoms with van der Waals surface area (Å²) in [6.07, 6.45) is 2.00. The van der Waals surface area contributed by atoms with Gasteiger partial charge in [0.2, 0.25) is 11.8 Å². The van der Waals surface area contributed by atoms with Crippen LogP contribution in [-0.4, -0.2) is 59.3 Å². The van der Waals surface area contributed by atoms with Crippen LogP contribution in [0.25, 0.3) is 0 Å². The molecular weight excluding hydrogens is 483 g/mol. The first-order valence-corrected chi connectivity index (χ1v) is 12.8. The highest BCUT2D eigenvalue weighted by molar-refractivity contribution is 6.30. The number of alkyl halides is 1. The maximum Gasteiger partial charge on any atom is 0.234 e. The van der Waals surface area contributed by atoms with E-state index in [9.17, 15) is 19.1 Å². The highest BCUT2D eigenvalue weighted by Gasteiger charge is 2.59. The van der Waals surface area contributed by atoms with E-state index in [1.54, 1.807) is 0 Å². The Morgan fingerprint density at radius 2 is 1.89 bits per heavy atom. The van der Waals surface area contributed by atoms with Crippen molar-refractivity contribution < 1.29 is 27.9 Å². The number of nitrogens with one attached hydrogen (secondary N) is 2. The summed E-state index contributed by atoms with van der Waals surface area (Å²) >= 11 is 5.96. The number of hydrogen-bond donors (Lipinski definition) is 3. The highest BCUT2D eigenvalue weighted by atomic mass is 35.5. The predicted octanol–water partition coefficient (Wildman–Crippen LogP) is 3.41. The monoisotopic (exact) mass is 513 g/mol. The van der Waals surface area contributed by atoms with E-state index in [1.165, 1.54) is 0 Å². The van der Waals surface area contributed by atoms with Gasteiger partial charge in [-0.3, -0.25) is 14.5 Å². The number of halogens is 4. The third-order valence-corrected chi connectivity index (χ3v) is 8.93. The Labute approximate surface area is 207 Å². The van der Waals surface area contributed by atoms with Gasteiger partial charge in [-0.25, -0.2) is 13.2 Å². The quantitative estimate of drug-likeness (QED) is 0.488. The van der Waals surface area contributed by atoms with E-state index < -0.39 is 52.7 Å². The smallest absolute Gasteiger partial charge is 0.234 e. The molecule has 4 atom stereocenters. The fourth-order valence-corrected chi connectivity index (χ4v) is 6.72. The Bertz CT molecular complexity index is 1010. The van der Waals surface area contributed by atoms with E-state index in [0.29, 0.717) is 12.8 Å². The average Bonchev–Trinajstić information content (AvgIpc) is 3.44. The van der Waals surface area contributed by atoms with Crippen LogP contribution in [0.1, 0.15) is 63.0 Å². The topological polar surface area (TPSA) is 81.7 Å². The summed E-state index contributed by atoms with van der Waals surface area (Å²) < 4.78 is 45.1. The molecule has 1 aromatic rings. The van der Waals surface area contributed by atoms with E-state index in [2.05, 4.69) is 10.6 Å². The second-order valence-electron chi connectivity index (χ2n) is 10.9. The molecule has 3 saturated carbocycles. The van der Waals surface area contributed by atoms with E-state index in [-0.39, 0.29) is 55.1 Å². The number of amides is 2. The molecule has 35 heavy (non-hydrogen) atoms. The molecule has 0 unspecified atom stereocenters. The zero-order valence-electron chi connectivity index (χ0n) is 19.5. The maximum atomic E-state index is 15.1. The van der Waals surface area contributed by atoms with Gasteiger partial charge < -0.3 is 15.7 Å². The minimum Gasteiger partial charge on any atom is -0.391 e. The third-order valence-electron chi connectivity index (χ3n) is 8.64. The largest absolute Gasteiger partial charge is 0.391 e. The molecule has 2 bridgehead atoms. The summed E-state index contributed by atoms with van der Waals surface area (Å²) in [4.78, 5) is 27.6. The Balaban J connectivity index is 1.33. The van der Waals surface area contributed by atoms with Gasteiger partial charge in [0.25, 0.3) is 0 Å². The van der Waals surface area contributed by atoms with Crippen LogP contribution >= 0.6 is 11.6 Å². The number of benzene rings is 1. The molecule has 1 saturated heterocycles. The molecule has 3 aliphatic carbocycles. The first-order valence-electron chi connectivity index (χ1n) is 12.4. The lowest BCUT2D eigenvalue weighted by atomic mass is 9.74. The molecule has 3 N–H and O–H groups in total. The number of hydrogen-bond acceptors (Lipinski definition) is 4. The van der Waals surface area contributed by atoms with E-state index >= 15 is 8.78 Å². The van der Waals surface area contributed by atoms with Crippen molar-refractivity contribution in [1.29, 1.82) is 0 Å². The van der Waals surface area contributed by atoms with Crippen LogP contribution in [0, 0.1) is 23.0 Å². The van der Waals surface area contributed by atoms with Crippen LogP contribution < -0.4 is 10.6 Å².